The van der Waals surface area contributed by atoms with E-state index in [1.54, 1.807) is 12.1 Å². The molecular formula is C16H22N2O2S. The summed E-state index contributed by atoms with van der Waals surface area (Å²) in [6.07, 6.45) is 2.14. The molecule has 21 heavy (non-hydrogen) atoms. The van der Waals surface area contributed by atoms with Gasteiger partial charge in [0, 0.05) is 12.6 Å². The molecule has 0 saturated carbocycles. The molecule has 0 bridgehead atoms. The number of nitrogens with two attached hydrogens (primary N) is 1. The van der Waals surface area contributed by atoms with E-state index in [9.17, 15) is 4.79 Å². The summed E-state index contributed by atoms with van der Waals surface area (Å²) in [6, 6.07) is 7.60. The van der Waals surface area contributed by atoms with Crippen LogP contribution in [0.4, 0.5) is 0 Å². The van der Waals surface area contributed by atoms with E-state index in [0.717, 1.165) is 19.4 Å². The van der Waals surface area contributed by atoms with Gasteiger partial charge in [0.25, 0.3) is 5.91 Å². The van der Waals surface area contributed by atoms with Crippen LogP contribution >= 0.6 is 12.2 Å². The van der Waals surface area contributed by atoms with Gasteiger partial charge in [0.2, 0.25) is 0 Å². The summed E-state index contributed by atoms with van der Waals surface area (Å²) in [6.45, 7) is 5.16. The average molecular weight is 306 g/mol. The highest BCUT2D eigenvalue weighted by atomic mass is 32.1. The predicted molar refractivity (Wildman–Crippen MR) is 87.4 cm³/mol. The standard InChI is InChI=1S/C16H22N2O2S/c1-11(2)13-7-5-9-18(13)15(19)10-20-14-8-4-3-6-12(14)16(17)21/h3-4,6,8,11,13H,5,7,9-10H2,1-2H3,(H2,17,21). The minimum atomic E-state index is 0.0306. The number of hydrogen-bond donors (Lipinski definition) is 1. The predicted octanol–water partition coefficient (Wildman–Crippen LogP) is 2.35. The molecule has 114 valence electrons. The summed E-state index contributed by atoms with van der Waals surface area (Å²) in [5.41, 5.74) is 6.33. The van der Waals surface area contributed by atoms with Crippen LogP contribution in [0, 0.1) is 5.92 Å². The van der Waals surface area contributed by atoms with Crippen LogP contribution in [0.25, 0.3) is 0 Å². The lowest BCUT2D eigenvalue weighted by atomic mass is 10.0. The number of ether oxygens (including phenoxy) is 1. The average Bonchev–Trinajstić information content (AvgIpc) is 2.94. The molecule has 1 saturated heterocycles. The molecule has 1 amide bonds. The molecule has 2 N–H and O–H groups in total. The summed E-state index contributed by atoms with van der Waals surface area (Å²) < 4.78 is 5.64. The van der Waals surface area contributed by atoms with Crippen molar-refractivity contribution in [3.05, 3.63) is 29.8 Å². The molecule has 0 aliphatic carbocycles. The second-order valence-electron chi connectivity index (χ2n) is 5.69. The molecule has 4 nitrogen and oxygen atoms in total. The fourth-order valence-electron chi connectivity index (χ4n) is 2.81. The maximum absolute atomic E-state index is 12.4. The summed E-state index contributed by atoms with van der Waals surface area (Å²) in [5, 5.41) is 0. The van der Waals surface area contributed by atoms with Crippen molar-refractivity contribution in [3.8, 4) is 5.75 Å². The number of likely N-dealkylation sites (tertiary alicyclic amines) is 1. The van der Waals surface area contributed by atoms with Crippen LogP contribution in [0.1, 0.15) is 32.3 Å². The van der Waals surface area contributed by atoms with Crippen molar-refractivity contribution in [2.24, 2.45) is 11.7 Å². The van der Waals surface area contributed by atoms with Gasteiger partial charge in [-0.1, -0.05) is 38.2 Å². The van der Waals surface area contributed by atoms with Crippen molar-refractivity contribution in [1.82, 2.24) is 4.90 Å². The molecule has 1 aromatic rings. The Labute approximate surface area is 131 Å². The zero-order valence-electron chi connectivity index (χ0n) is 12.5. The molecule has 2 rings (SSSR count). The van der Waals surface area contributed by atoms with Gasteiger partial charge >= 0.3 is 0 Å². The first-order chi connectivity index (χ1) is 10.0. The maximum atomic E-state index is 12.4. The van der Waals surface area contributed by atoms with E-state index >= 15 is 0 Å². The highest BCUT2D eigenvalue weighted by molar-refractivity contribution is 7.80. The normalized spacial score (nSPS) is 18.0. The Morgan fingerprint density at radius 3 is 2.86 bits per heavy atom. The molecule has 1 fully saturated rings. The van der Waals surface area contributed by atoms with Gasteiger partial charge in [-0.15, -0.1) is 0 Å². The number of carbonyl (C=O) groups is 1. The smallest absolute Gasteiger partial charge is 0.260 e. The summed E-state index contributed by atoms with van der Waals surface area (Å²) in [4.78, 5) is 14.6. The SMILES string of the molecule is CC(C)C1CCCN1C(=O)COc1ccccc1C(N)=S. The third-order valence-electron chi connectivity index (χ3n) is 3.89. The van der Waals surface area contributed by atoms with Gasteiger partial charge in [-0.25, -0.2) is 0 Å². The Morgan fingerprint density at radius 1 is 1.48 bits per heavy atom. The van der Waals surface area contributed by atoms with E-state index in [0.29, 0.717) is 23.3 Å². The zero-order valence-corrected chi connectivity index (χ0v) is 13.4. The molecular weight excluding hydrogens is 284 g/mol. The van der Waals surface area contributed by atoms with Gasteiger partial charge in [-0.3, -0.25) is 4.79 Å². The lowest BCUT2D eigenvalue weighted by Crippen LogP contribution is -2.41. The Bertz CT molecular complexity index is 531. The number of para-hydroxylation sites is 1. The summed E-state index contributed by atoms with van der Waals surface area (Å²) in [7, 11) is 0. The number of benzene rings is 1. The minimum Gasteiger partial charge on any atom is -0.483 e. The van der Waals surface area contributed by atoms with Crippen LogP contribution in [0.2, 0.25) is 0 Å². The minimum absolute atomic E-state index is 0.0306. The number of rotatable bonds is 5. The van der Waals surface area contributed by atoms with Crippen LogP contribution in [0.15, 0.2) is 24.3 Å². The Morgan fingerprint density at radius 2 is 2.19 bits per heavy atom. The van der Waals surface area contributed by atoms with Crippen LogP contribution < -0.4 is 10.5 Å². The lowest BCUT2D eigenvalue weighted by molar-refractivity contribution is -0.134. The van der Waals surface area contributed by atoms with Gasteiger partial charge in [0.15, 0.2) is 6.61 Å². The molecule has 1 aliphatic rings. The quantitative estimate of drug-likeness (QED) is 0.848. The molecule has 0 spiro atoms. The first-order valence-corrected chi connectivity index (χ1v) is 7.72. The monoisotopic (exact) mass is 306 g/mol. The fourth-order valence-corrected chi connectivity index (χ4v) is 2.98. The molecule has 1 aliphatic heterocycles. The zero-order chi connectivity index (χ0) is 15.4. The molecule has 0 aromatic heterocycles. The highest BCUT2D eigenvalue weighted by Gasteiger charge is 2.30. The van der Waals surface area contributed by atoms with E-state index in [1.165, 1.54) is 0 Å². The molecule has 1 heterocycles. The molecule has 1 unspecified atom stereocenters. The van der Waals surface area contributed by atoms with Crippen LogP contribution in [0.5, 0.6) is 5.75 Å². The number of thiocarbonyl (C=S) groups is 1. The first-order valence-electron chi connectivity index (χ1n) is 7.31. The van der Waals surface area contributed by atoms with Gasteiger partial charge in [-0.2, -0.15) is 0 Å². The van der Waals surface area contributed by atoms with Crippen molar-refractivity contribution in [2.75, 3.05) is 13.2 Å². The number of nitrogens with zero attached hydrogens (tertiary/aromatic N) is 1. The third kappa shape index (κ3) is 3.73. The number of amides is 1. The second kappa shape index (κ2) is 6.89. The van der Waals surface area contributed by atoms with Gasteiger partial charge < -0.3 is 15.4 Å². The number of carbonyl (C=O) groups excluding carboxylic acids is 1. The summed E-state index contributed by atoms with van der Waals surface area (Å²) >= 11 is 4.99. The van der Waals surface area contributed by atoms with E-state index in [4.69, 9.17) is 22.7 Å². The van der Waals surface area contributed by atoms with Crippen molar-refractivity contribution in [1.29, 1.82) is 0 Å². The van der Waals surface area contributed by atoms with Crippen LogP contribution in [0.3, 0.4) is 0 Å². The van der Waals surface area contributed by atoms with Crippen molar-refractivity contribution < 1.29 is 9.53 Å². The Hall–Kier alpha value is -1.62. The molecule has 5 heteroatoms. The van der Waals surface area contributed by atoms with Crippen molar-refractivity contribution >= 4 is 23.1 Å². The van der Waals surface area contributed by atoms with Gasteiger partial charge in [0.05, 0.1) is 5.56 Å². The fraction of sp³-hybridized carbons (Fsp3) is 0.500. The number of hydrogen-bond acceptors (Lipinski definition) is 3. The largest absolute Gasteiger partial charge is 0.483 e. The van der Waals surface area contributed by atoms with E-state index in [1.807, 2.05) is 17.0 Å². The van der Waals surface area contributed by atoms with Crippen LogP contribution in [-0.2, 0) is 4.79 Å². The van der Waals surface area contributed by atoms with Crippen LogP contribution in [-0.4, -0.2) is 35.0 Å². The third-order valence-corrected chi connectivity index (χ3v) is 4.11. The first kappa shape index (κ1) is 15.8. The maximum Gasteiger partial charge on any atom is 0.260 e. The van der Waals surface area contributed by atoms with Crippen molar-refractivity contribution in [2.45, 2.75) is 32.7 Å². The lowest BCUT2D eigenvalue weighted by Gasteiger charge is -2.27. The second-order valence-corrected chi connectivity index (χ2v) is 6.13. The highest BCUT2D eigenvalue weighted by Crippen LogP contribution is 2.24. The summed E-state index contributed by atoms with van der Waals surface area (Å²) in [5.74, 6) is 1.07. The van der Waals surface area contributed by atoms with Gasteiger partial charge in [0.1, 0.15) is 10.7 Å². The Kier molecular flexibility index (Phi) is 5.17. The van der Waals surface area contributed by atoms with E-state index in [-0.39, 0.29) is 17.5 Å². The van der Waals surface area contributed by atoms with Gasteiger partial charge in [-0.05, 0) is 30.9 Å². The van der Waals surface area contributed by atoms with Crippen molar-refractivity contribution in [3.63, 3.8) is 0 Å². The molecule has 1 aromatic carbocycles. The Balaban J connectivity index is 2.00. The van der Waals surface area contributed by atoms with E-state index < -0.39 is 0 Å². The molecule has 0 radical (unpaired) electrons. The topological polar surface area (TPSA) is 55.6 Å². The van der Waals surface area contributed by atoms with E-state index in [2.05, 4.69) is 13.8 Å². The molecule has 1 atom stereocenters.